The monoisotopic (exact) mass is 306 g/mol. The molecule has 2 rings (SSSR count). The number of aromatic nitrogens is 1. The first-order valence-corrected chi connectivity index (χ1v) is 7.29. The summed E-state index contributed by atoms with van der Waals surface area (Å²) in [5.41, 5.74) is 2.00. The Morgan fingerprint density at radius 1 is 1.30 bits per heavy atom. The van der Waals surface area contributed by atoms with Gasteiger partial charge in [-0.25, -0.2) is 0 Å². The van der Waals surface area contributed by atoms with Crippen LogP contribution in [-0.4, -0.2) is 10.9 Å². The molecule has 5 heteroatoms. The molecule has 116 valence electrons. The van der Waals surface area contributed by atoms with Gasteiger partial charge in [-0.3, -0.25) is 9.78 Å². The van der Waals surface area contributed by atoms with Gasteiger partial charge in [0.15, 0.2) is 0 Å². The minimum Gasteiger partial charge on any atom is -0.383 e. The normalized spacial score (nSPS) is 12.1. The number of nitriles is 1. The van der Waals surface area contributed by atoms with Crippen LogP contribution in [0.3, 0.4) is 0 Å². The van der Waals surface area contributed by atoms with Crippen LogP contribution in [0.4, 0.5) is 0 Å². The second kappa shape index (κ2) is 8.35. The van der Waals surface area contributed by atoms with Gasteiger partial charge in [0.25, 0.3) is 5.91 Å². The first kappa shape index (κ1) is 16.2. The number of hydrogen-bond acceptors (Lipinski definition) is 4. The zero-order valence-corrected chi connectivity index (χ0v) is 12.9. The third kappa shape index (κ3) is 4.97. The highest BCUT2D eigenvalue weighted by molar-refractivity contribution is 5.97. The summed E-state index contributed by atoms with van der Waals surface area (Å²) in [5, 5.41) is 14.9. The third-order valence-corrected chi connectivity index (χ3v) is 3.32. The van der Waals surface area contributed by atoms with Gasteiger partial charge in [-0.2, -0.15) is 5.26 Å². The molecule has 0 bridgehead atoms. The molecule has 0 saturated heterocycles. The molecule has 2 aromatic rings. The van der Waals surface area contributed by atoms with Crippen molar-refractivity contribution in [1.29, 1.82) is 5.26 Å². The number of carbonyl (C=O) groups excluding carboxylic acids is 1. The maximum Gasteiger partial charge on any atom is 0.263 e. The van der Waals surface area contributed by atoms with E-state index in [2.05, 4.69) is 15.6 Å². The Morgan fingerprint density at radius 3 is 2.74 bits per heavy atom. The number of hydrogen-bond donors (Lipinski definition) is 2. The number of rotatable bonds is 6. The summed E-state index contributed by atoms with van der Waals surface area (Å²) >= 11 is 0. The molecule has 1 aromatic heterocycles. The maximum atomic E-state index is 12.0. The van der Waals surface area contributed by atoms with Crippen molar-refractivity contribution in [3.8, 4) is 6.07 Å². The lowest BCUT2D eigenvalue weighted by Crippen LogP contribution is -2.25. The topological polar surface area (TPSA) is 77.8 Å². The van der Waals surface area contributed by atoms with E-state index < -0.39 is 5.91 Å². The molecule has 0 radical (unpaired) electrons. The molecule has 0 aliphatic carbocycles. The van der Waals surface area contributed by atoms with E-state index in [-0.39, 0.29) is 11.6 Å². The molecule has 0 aliphatic heterocycles. The van der Waals surface area contributed by atoms with Gasteiger partial charge in [0.1, 0.15) is 11.6 Å². The largest absolute Gasteiger partial charge is 0.383 e. The van der Waals surface area contributed by atoms with E-state index in [0.717, 1.165) is 11.1 Å². The fourth-order valence-corrected chi connectivity index (χ4v) is 1.98. The SMILES string of the molecule is CC(N/C=C(/C#N)C(=O)NCc1cccnc1)c1ccccc1. The molecule has 1 atom stereocenters. The molecule has 23 heavy (non-hydrogen) atoms. The zero-order valence-electron chi connectivity index (χ0n) is 12.9. The van der Waals surface area contributed by atoms with Crippen LogP contribution in [0, 0.1) is 11.3 Å². The summed E-state index contributed by atoms with van der Waals surface area (Å²) in [4.78, 5) is 16.0. The molecule has 2 N–H and O–H groups in total. The lowest BCUT2D eigenvalue weighted by atomic mass is 10.1. The molecule has 0 fully saturated rings. The van der Waals surface area contributed by atoms with Gasteiger partial charge in [-0.15, -0.1) is 0 Å². The summed E-state index contributed by atoms with van der Waals surface area (Å²) in [5.74, 6) is -0.413. The first-order chi connectivity index (χ1) is 11.2. The van der Waals surface area contributed by atoms with Crippen LogP contribution >= 0.6 is 0 Å². The predicted octanol–water partition coefficient (Wildman–Crippen LogP) is 2.46. The van der Waals surface area contributed by atoms with E-state index in [0.29, 0.717) is 6.54 Å². The average Bonchev–Trinajstić information content (AvgIpc) is 2.62. The van der Waals surface area contributed by atoms with Gasteiger partial charge in [0.2, 0.25) is 0 Å². The maximum absolute atomic E-state index is 12.0. The van der Waals surface area contributed by atoms with E-state index in [9.17, 15) is 4.79 Å². The summed E-state index contributed by atoms with van der Waals surface area (Å²) in [6, 6.07) is 15.4. The van der Waals surface area contributed by atoms with Crippen molar-refractivity contribution in [2.45, 2.75) is 19.5 Å². The number of nitrogens with zero attached hydrogens (tertiary/aromatic N) is 2. The zero-order chi connectivity index (χ0) is 16.5. The number of pyridine rings is 1. The Bertz CT molecular complexity index is 705. The molecule has 1 unspecified atom stereocenters. The molecular weight excluding hydrogens is 288 g/mol. The molecule has 0 aliphatic rings. The minimum atomic E-state index is -0.413. The van der Waals surface area contributed by atoms with E-state index in [1.54, 1.807) is 18.5 Å². The number of carbonyl (C=O) groups is 1. The van der Waals surface area contributed by atoms with Crippen LogP contribution in [0.5, 0.6) is 0 Å². The van der Waals surface area contributed by atoms with Crippen molar-refractivity contribution in [2.24, 2.45) is 0 Å². The fraction of sp³-hybridized carbons (Fsp3) is 0.167. The number of benzene rings is 1. The number of amides is 1. The van der Waals surface area contributed by atoms with E-state index in [4.69, 9.17) is 5.26 Å². The smallest absolute Gasteiger partial charge is 0.263 e. The van der Waals surface area contributed by atoms with Crippen LogP contribution < -0.4 is 10.6 Å². The average molecular weight is 306 g/mol. The van der Waals surface area contributed by atoms with Crippen molar-refractivity contribution < 1.29 is 4.79 Å². The van der Waals surface area contributed by atoms with Gasteiger partial charge >= 0.3 is 0 Å². The Morgan fingerprint density at radius 2 is 2.09 bits per heavy atom. The highest BCUT2D eigenvalue weighted by atomic mass is 16.1. The van der Waals surface area contributed by atoms with E-state index >= 15 is 0 Å². The Balaban J connectivity index is 1.93. The molecular formula is C18H18N4O. The summed E-state index contributed by atoms with van der Waals surface area (Å²) in [7, 11) is 0. The standard InChI is InChI=1S/C18H18N4O/c1-14(16-7-3-2-4-8-16)21-13-17(10-19)18(23)22-12-15-6-5-9-20-11-15/h2-9,11,13-14,21H,12H2,1H3,(H,22,23)/b17-13-. The molecule has 1 amide bonds. The number of nitrogens with one attached hydrogen (secondary N) is 2. The van der Waals surface area contributed by atoms with Crippen LogP contribution in [-0.2, 0) is 11.3 Å². The van der Waals surface area contributed by atoms with Crippen molar-refractivity contribution in [3.05, 3.63) is 77.8 Å². The van der Waals surface area contributed by atoms with Crippen LogP contribution in [0.1, 0.15) is 24.1 Å². The highest BCUT2D eigenvalue weighted by Gasteiger charge is 2.09. The lowest BCUT2D eigenvalue weighted by molar-refractivity contribution is -0.117. The van der Waals surface area contributed by atoms with Gasteiger partial charge in [0, 0.05) is 31.2 Å². The van der Waals surface area contributed by atoms with E-state index in [1.807, 2.05) is 49.4 Å². The third-order valence-electron chi connectivity index (χ3n) is 3.32. The van der Waals surface area contributed by atoms with Gasteiger partial charge in [-0.05, 0) is 24.1 Å². The minimum absolute atomic E-state index is 0.00525. The van der Waals surface area contributed by atoms with Crippen LogP contribution in [0.15, 0.2) is 66.6 Å². The quantitative estimate of drug-likeness (QED) is 0.635. The van der Waals surface area contributed by atoms with Gasteiger partial charge in [0.05, 0.1) is 0 Å². The lowest BCUT2D eigenvalue weighted by Gasteiger charge is -2.12. The van der Waals surface area contributed by atoms with E-state index in [1.165, 1.54) is 6.20 Å². The summed E-state index contributed by atoms with van der Waals surface area (Å²) in [6.07, 6.45) is 4.79. The Kier molecular flexibility index (Phi) is 5.89. The Labute approximate surface area is 135 Å². The van der Waals surface area contributed by atoms with Gasteiger partial charge in [-0.1, -0.05) is 36.4 Å². The fourth-order valence-electron chi connectivity index (χ4n) is 1.98. The van der Waals surface area contributed by atoms with Crippen molar-refractivity contribution in [1.82, 2.24) is 15.6 Å². The first-order valence-electron chi connectivity index (χ1n) is 7.29. The van der Waals surface area contributed by atoms with Crippen molar-refractivity contribution in [3.63, 3.8) is 0 Å². The Hall–Kier alpha value is -3.13. The van der Waals surface area contributed by atoms with Crippen molar-refractivity contribution >= 4 is 5.91 Å². The second-order valence-corrected chi connectivity index (χ2v) is 5.01. The predicted molar refractivity (Wildman–Crippen MR) is 87.8 cm³/mol. The molecule has 0 saturated carbocycles. The molecule has 1 heterocycles. The highest BCUT2D eigenvalue weighted by Crippen LogP contribution is 2.11. The summed E-state index contributed by atoms with van der Waals surface area (Å²) in [6.45, 7) is 2.30. The molecule has 5 nitrogen and oxygen atoms in total. The van der Waals surface area contributed by atoms with Crippen molar-refractivity contribution in [2.75, 3.05) is 0 Å². The van der Waals surface area contributed by atoms with Gasteiger partial charge < -0.3 is 10.6 Å². The second-order valence-electron chi connectivity index (χ2n) is 5.01. The molecule has 0 spiro atoms. The summed E-state index contributed by atoms with van der Waals surface area (Å²) < 4.78 is 0. The van der Waals surface area contributed by atoms with Crippen LogP contribution in [0.2, 0.25) is 0 Å². The van der Waals surface area contributed by atoms with Crippen LogP contribution in [0.25, 0.3) is 0 Å². The molecule has 1 aromatic carbocycles.